The second kappa shape index (κ2) is 9.50. The standard InChI is InChI=1S/C26H28N4O4/c1-34-23-8-4-7-19-18(9-10-27-24(19)23)22(31)17-29-13-11-28(12-14-29)15-16-30-25(32)20-5-2-3-6-21(20)26(30)33/h2-10,22,31H,11-17H2,1H3. The molecule has 8 heteroatoms. The summed E-state index contributed by atoms with van der Waals surface area (Å²) in [6, 6.07) is 14.6. The number of carbonyl (C=O) groups excluding carboxylic acids is 2. The van der Waals surface area contributed by atoms with Crippen molar-refractivity contribution >= 4 is 22.7 Å². The molecule has 1 N–H and O–H groups in total. The largest absolute Gasteiger partial charge is 0.494 e. The summed E-state index contributed by atoms with van der Waals surface area (Å²) in [5, 5.41) is 11.9. The molecule has 1 aromatic heterocycles. The zero-order valence-electron chi connectivity index (χ0n) is 19.2. The number of aliphatic hydroxyl groups excluding tert-OH is 1. The van der Waals surface area contributed by atoms with Crippen molar-refractivity contribution in [2.75, 3.05) is 52.9 Å². The van der Waals surface area contributed by atoms with Crippen molar-refractivity contribution in [1.82, 2.24) is 19.7 Å². The van der Waals surface area contributed by atoms with E-state index in [0.29, 0.717) is 36.5 Å². The Balaban J connectivity index is 1.15. The summed E-state index contributed by atoms with van der Waals surface area (Å²) in [5.74, 6) is 0.283. The van der Waals surface area contributed by atoms with Gasteiger partial charge in [0.1, 0.15) is 11.3 Å². The molecule has 0 spiro atoms. The molecule has 1 atom stereocenters. The number of β-amino-alcohol motifs (C(OH)–C–C–N with tert-alkyl or cyclic N) is 1. The average Bonchev–Trinajstić information content (AvgIpc) is 3.12. The molecule has 2 aliphatic rings. The van der Waals surface area contributed by atoms with Crippen LogP contribution in [0.15, 0.2) is 54.7 Å². The van der Waals surface area contributed by atoms with E-state index in [4.69, 9.17) is 4.74 Å². The first kappa shape index (κ1) is 22.5. The fraction of sp³-hybridized carbons (Fsp3) is 0.346. The first-order chi connectivity index (χ1) is 16.6. The van der Waals surface area contributed by atoms with Gasteiger partial charge in [0, 0.05) is 57.4 Å². The average molecular weight is 461 g/mol. The maximum absolute atomic E-state index is 12.6. The van der Waals surface area contributed by atoms with E-state index < -0.39 is 6.10 Å². The van der Waals surface area contributed by atoms with Gasteiger partial charge in [0.05, 0.1) is 24.3 Å². The lowest BCUT2D eigenvalue weighted by molar-refractivity contribution is 0.0564. The molecule has 1 saturated heterocycles. The number of hydrogen-bond acceptors (Lipinski definition) is 7. The summed E-state index contributed by atoms with van der Waals surface area (Å²) in [5.41, 5.74) is 2.58. The number of ether oxygens (including phenoxy) is 1. The van der Waals surface area contributed by atoms with Crippen molar-refractivity contribution < 1.29 is 19.4 Å². The number of imide groups is 1. The Morgan fingerprint density at radius 2 is 1.59 bits per heavy atom. The van der Waals surface area contributed by atoms with Gasteiger partial charge < -0.3 is 9.84 Å². The molecule has 0 saturated carbocycles. The molecule has 2 aromatic carbocycles. The van der Waals surface area contributed by atoms with Crippen LogP contribution in [0.4, 0.5) is 0 Å². The lowest BCUT2D eigenvalue weighted by atomic mass is 10.0. The first-order valence-corrected chi connectivity index (χ1v) is 11.6. The Morgan fingerprint density at radius 1 is 0.912 bits per heavy atom. The smallest absolute Gasteiger partial charge is 0.261 e. The van der Waals surface area contributed by atoms with Crippen LogP contribution >= 0.6 is 0 Å². The van der Waals surface area contributed by atoms with Crippen molar-refractivity contribution in [3.63, 3.8) is 0 Å². The molecular weight excluding hydrogens is 432 g/mol. The van der Waals surface area contributed by atoms with Crippen LogP contribution in [0.3, 0.4) is 0 Å². The predicted octanol–water partition coefficient (Wildman–Crippen LogP) is 2.19. The molecule has 34 heavy (non-hydrogen) atoms. The van der Waals surface area contributed by atoms with Gasteiger partial charge in [-0.1, -0.05) is 24.3 Å². The van der Waals surface area contributed by atoms with Crippen LogP contribution in [0.2, 0.25) is 0 Å². The summed E-state index contributed by atoms with van der Waals surface area (Å²) < 4.78 is 5.41. The maximum Gasteiger partial charge on any atom is 0.261 e. The molecule has 0 aliphatic carbocycles. The number of aromatic nitrogens is 1. The molecular formula is C26H28N4O4. The summed E-state index contributed by atoms with van der Waals surface area (Å²) in [6.45, 7) is 4.83. The van der Waals surface area contributed by atoms with Crippen molar-refractivity contribution in [3.8, 4) is 5.75 Å². The summed E-state index contributed by atoms with van der Waals surface area (Å²) in [7, 11) is 1.62. The summed E-state index contributed by atoms with van der Waals surface area (Å²) in [6.07, 6.45) is 1.07. The van der Waals surface area contributed by atoms with Gasteiger partial charge in [0.25, 0.3) is 11.8 Å². The number of methoxy groups -OCH3 is 1. The predicted molar refractivity (Wildman–Crippen MR) is 128 cm³/mol. The highest BCUT2D eigenvalue weighted by Crippen LogP contribution is 2.29. The molecule has 0 radical (unpaired) electrons. The third-order valence-electron chi connectivity index (χ3n) is 6.76. The van der Waals surface area contributed by atoms with E-state index in [1.54, 1.807) is 37.6 Å². The zero-order chi connectivity index (χ0) is 23.7. The zero-order valence-corrected chi connectivity index (χ0v) is 19.2. The molecule has 1 fully saturated rings. The van der Waals surface area contributed by atoms with Crippen molar-refractivity contribution in [2.24, 2.45) is 0 Å². The highest BCUT2D eigenvalue weighted by molar-refractivity contribution is 6.21. The normalized spacial score (nSPS) is 17.9. The fourth-order valence-electron chi connectivity index (χ4n) is 4.85. The number of para-hydroxylation sites is 1. The Kier molecular flexibility index (Phi) is 6.28. The summed E-state index contributed by atoms with van der Waals surface area (Å²) >= 11 is 0. The number of nitrogens with zero attached hydrogens (tertiary/aromatic N) is 4. The van der Waals surface area contributed by atoms with Crippen LogP contribution in [0.5, 0.6) is 5.75 Å². The van der Waals surface area contributed by atoms with Gasteiger partial charge in [0.15, 0.2) is 0 Å². The Labute approximate surface area is 198 Å². The molecule has 2 amide bonds. The van der Waals surface area contributed by atoms with Crippen LogP contribution in [0, 0.1) is 0 Å². The Morgan fingerprint density at radius 3 is 2.26 bits per heavy atom. The van der Waals surface area contributed by atoms with E-state index in [-0.39, 0.29) is 11.8 Å². The molecule has 3 heterocycles. The lowest BCUT2D eigenvalue weighted by Gasteiger charge is -2.36. The van der Waals surface area contributed by atoms with Crippen LogP contribution in [0.25, 0.3) is 10.9 Å². The van der Waals surface area contributed by atoms with E-state index in [1.807, 2.05) is 24.3 Å². The molecule has 3 aromatic rings. The number of rotatable bonds is 7. The van der Waals surface area contributed by atoms with Gasteiger partial charge >= 0.3 is 0 Å². The van der Waals surface area contributed by atoms with E-state index in [1.165, 1.54) is 4.90 Å². The van der Waals surface area contributed by atoms with Gasteiger partial charge in [0.2, 0.25) is 0 Å². The van der Waals surface area contributed by atoms with Crippen LogP contribution in [-0.2, 0) is 0 Å². The minimum Gasteiger partial charge on any atom is -0.494 e. The Bertz CT molecular complexity index is 1190. The van der Waals surface area contributed by atoms with Crippen molar-refractivity contribution in [2.45, 2.75) is 6.10 Å². The van der Waals surface area contributed by atoms with E-state index in [0.717, 1.165) is 42.6 Å². The first-order valence-electron chi connectivity index (χ1n) is 11.6. The van der Waals surface area contributed by atoms with E-state index in [2.05, 4.69) is 14.8 Å². The molecule has 0 bridgehead atoms. The van der Waals surface area contributed by atoms with Crippen molar-refractivity contribution in [3.05, 3.63) is 71.4 Å². The van der Waals surface area contributed by atoms with Crippen LogP contribution < -0.4 is 4.74 Å². The number of carbonyl (C=O) groups is 2. The van der Waals surface area contributed by atoms with Gasteiger partial charge in [-0.2, -0.15) is 0 Å². The number of fused-ring (bicyclic) bond motifs is 2. The molecule has 8 nitrogen and oxygen atoms in total. The third-order valence-corrected chi connectivity index (χ3v) is 6.76. The maximum atomic E-state index is 12.6. The minimum atomic E-state index is -0.637. The monoisotopic (exact) mass is 460 g/mol. The van der Waals surface area contributed by atoms with Crippen LogP contribution in [-0.4, -0.2) is 89.5 Å². The molecule has 1 unspecified atom stereocenters. The van der Waals surface area contributed by atoms with Crippen molar-refractivity contribution in [1.29, 1.82) is 0 Å². The number of benzene rings is 2. The van der Waals surface area contributed by atoms with E-state index >= 15 is 0 Å². The topological polar surface area (TPSA) is 86.2 Å². The van der Waals surface area contributed by atoms with Gasteiger partial charge in [-0.25, -0.2) is 0 Å². The number of hydrogen-bond donors (Lipinski definition) is 1. The SMILES string of the molecule is COc1cccc2c(C(O)CN3CCN(CCN4C(=O)c5ccccc5C4=O)CC3)ccnc12. The quantitative estimate of drug-likeness (QED) is 0.541. The summed E-state index contributed by atoms with van der Waals surface area (Å²) in [4.78, 5) is 35.4. The fourth-order valence-corrected chi connectivity index (χ4v) is 4.85. The highest BCUT2D eigenvalue weighted by Gasteiger charge is 2.35. The van der Waals surface area contributed by atoms with E-state index in [9.17, 15) is 14.7 Å². The number of amides is 2. The number of pyridine rings is 1. The third kappa shape index (κ3) is 4.16. The van der Waals surface area contributed by atoms with Gasteiger partial charge in [-0.05, 0) is 29.8 Å². The number of aliphatic hydroxyl groups is 1. The minimum absolute atomic E-state index is 0.205. The second-order valence-corrected chi connectivity index (χ2v) is 8.72. The second-order valence-electron chi connectivity index (χ2n) is 8.72. The molecule has 2 aliphatic heterocycles. The highest BCUT2D eigenvalue weighted by atomic mass is 16.5. The lowest BCUT2D eigenvalue weighted by Crippen LogP contribution is -2.49. The molecule has 5 rings (SSSR count). The Hall–Kier alpha value is -3.33. The van der Waals surface area contributed by atoms with Crippen LogP contribution in [0.1, 0.15) is 32.4 Å². The number of piperazine rings is 1. The van der Waals surface area contributed by atoms with Gasteiger partial charge in [-0.3, -0.25) is 29.3 Å². The van der Waals surface area contributed by atoms with Gasteiger partial charge in [-0.15, -0.1) is 0 Å². The molecule has 176 valence electrons.